The molecule has 0 aromatic heterocycles. The zero-order chi connectivity index (χ0) is 29.5. The summed E-state index contributed by atoms with van der Waals surface area (Å²) in [6.07, 6.45) is 1.19. The quantitative estimate of drug-likeness (QED) is 0.450. The summed E-state index contributed by atoms with van der Waals surface area (Å²) in [7, 11) is 1.61. The first-order valence-corrected chi connectivity index (χ1v) is 14.3. The molecule has 3 aromatic carbocycles. The largest absolute Gasteiger partial charge is 0.497 e. The number of piperazine rings is 1. The van der Waals surface area contributed by atoms with Crippen molar-refractivity contribution in [2.24, 2.45) is 0 Å². The molecule has 42 heavy (non-hydrogen) atoms. The molecule has 220 valence electrons. The van der Waals surface area contributed by atoms with Gasteiger partial charge in [0.15, 0.2) is 0 Å². The van der Waals surface area contributed by atoms with Crippen LogP contribution in [0.1, 0.15) is 32.7 Å². The summed E-state index contributed by atoms with van der Waals surface area (Å²) in [5, 5.41) is 6.26. The van der Waals surface area contributed by atoms with Crippen molar-refractivity contribution in [3.05, 3.63) is 89.2 Å². The number of hydrogen-bond acceptors (Lipinski definition) is 6. The lowest BCUT2D eigenvalue weighted by atomic mass is 10.1. The monoisotopic (exact) mass is 573 g/mol. The number of carbonyl (C=O) groups is 3. The van der Waals surface area contributed by atoms with Gasteiger partial charge in [0.05, 0.1) is 24.9 Å². The molecule has 0 unspecified atom stereocenters. The maximum atomic E-state index is 13.5. The second-order valence-electron chi connectivity index (χ2n) is 10.5. The lowest BCUT2D eigenvalue weighted by Gasteiger charge is -2.37. The van der Waals surface area contributed by atoms with E-state index in [2.05, 4.69) is 15.5 Å². The summed E-state index contributed by atoms with van der Waals surface area (Å²) in [4.78, 5) is 45.3. The van der Waals surface area contributed by atoms with Crippen LogP contribution >= 0.6 is 0 Å². The predicted molar refractivity (Wildman–Crippen MR) is 160 cm³/mol. The van der Waals surface area contributed by atoms with Crippen LogP contribution in [0.4, 0.5) is 15.8 Å². The third-order valence-electron chi connectivity index (χ3n) is 7.71. The Labute approximate surface area is 245 Å². The number of anilines is 2. The van der Waals surface area contributed by atoms with Crippen molar-refractivity contribution < 1.29 is 23.5 Å². The van der Waals surface area contributed by atoms with E-state index in [9.17, 15) is 18.8 Å². The number of carbonyl (C=O) groups excluding carboxylic acids is 3. The van der Waals surface area contributed by atoms with Gasteiger partial charge >= 0.3 is 0 Å². The van der Waals surface area contributed by atoms with Crippen molar-refractivity contribution in [1.82, 2.24) is 15.1 Å². The molecule has 2 heterocycles. The predicted octanol–water partition coefficient (Wildman–Crippen LogP) is 3.41. The molecule has 9 nitrogen and oxygen atoms in total. The SMILES string of the molecule is COc1ccc(CC(=O)N2CCN(c3ccc(C(=O)N4CCCNCC4)cc3NC(=O)c3ccc(F)cc3)CC2)cc1. The lowest BCUT2D eigenvalue weighted by Crippen LogP contribution is -2.49. The second-order valence-corrected chi connectivity index (χ2v) is 10.5. The van der Waals surface area contributed by atoms with Gasteiger partial charge in [-0.2, -0.15) is 0 Å². The highest BCUT2D eigenvalue weighted by Crippen LogP contribution is 2.30. The highest BCUT2D eigenvalue weighted by Gasteiger charge is 2.25. The number of methoxy groups -OCH3 is 1. The molecule has 10 heteroatoms. The average molecular weight is 574 g/mol. The molecule has 2 N–H and O–H groups in total. The van der Waals surface area contributed by atoms with Crippen LogP contribution in [-0.2, 0) is 11.2 Å². The van der Waals surface area contributed by atoms with Gasteiger partial charge in [0.1, 0.15) is 11.6 Å². The summed E-state index contributed by atoms with van der Waals surface area (Å²) in [5.41, 5.74) is 2.99. The highest BCUT2D eigenvalue weighted by molar-refractivity contribution is 6.07. The van der Waals surface area contributed by atoms with E-state index in [1.54, 1.807) is 19.2 Å². The van der Waals surface area contributed by atoms with E-state index in [-0.39, 0.29) is 11.8 Å². The molecule has 3 aromatic rings. The van der Waals surface area contributed by atoms with Gasteiger partial charge in [0, 0.05) is 56.9 Å². The van der Waals surface area contributed by atoms with E-state index in [1.807, 2.05) is 40.1 Å². The molecule has 2 saturated heterocycles. The second kappa shape index (κ2) is 13.5. The Morgan fingerprint density at radius 1 is 0.833 bits per heavy atom. The molecule has 0 bridgehead atoms. The van der Waals surface area contributed by atoms with Gasteiger partial charge in [0.25, 0.3) is 11.8 Å². The number of nitrogens with zero attached hydrogens (tertiary/aromatic N) is 3. The molecule has 0 saturated carbocycles. The zero-order valence-electron chi connectivity index (χ0n) is 23.8. The lowest BCUT2D eigenvalue weighted by molar-refractivity contribution is -0.130. The van der Waals surface area contributed by atoms with E-state index >= 15 is 0 Å². The Bertz CT molecular complexity index is 1400. The Morgan fingerprint density at radius 2 is 1.55 bits per heavy atom. The first kappa shape index (κ1) is 29.1. The van der Waals surface area contributed by atoms with Crippen LogP contribution in [-0.4, -0.2) is 87.0 Å². The topological polar surface area (TPSA) is 94.2 Å². The summed E-state index contributed by atoms with van der Waals surface area (Å²) < 4.78 is 18.7. The maximum Gasteiger partial charge on any atom is 0.255 e. The zero-order valence-corrected chi connectivity index (χ0v) is 23.8. The fourth-order valence-corrected chi connectivity index (χ4v) is 5.30. The van der Waals surface area contributed by atoms with Crippen molar-refractivity contribution in [2.75, 3.05) is 69.7 Å². The Kier molecular flexibility index (Phi) is 9.33. The maximum absolute atomic E-state index is 13.5. The van der Waals surface area contributed by atoms with Crippen LogP contribution in [0.15, 0.2) is 66.7 Å². The molecule has 2 fully saturated rings. The van der Waals surface area contributed by atoms with Crippen molar-refractivity contribution in [3.63, 3.8) is 0 Å². The van der Waals surface area contributed by atoms with Gasteiger partial charge in [-0.25, -0.2) is 4.39 Å². The number of rotatable bonds is 7. The molecule has 0 spiro atoms. The van der Waals surface area contributed by atoms with Gasteiger partial charge in [-0.3, -0.25) is 14.4 Å². The minimum absolute atomic E-state index is 0.0533. The molecule has 0 radical (unpaired) electrons. The van der Waals surface area contributed by atoms with Crippen LogP contribution in [0.3, 0.4) is 0 Å². The fourth-order valence-electron chi connectivity index (χ4n) is 5.30. The van der Waals surface area contributed by atoms with Gasteiger partial charge in [-0.15, -0.1) is 0 Å². The molecule has 3 amide bonds. The number of amides is 3. The van der Waals surface area contributed by atoms with Gasteiger partial charge < -0.3 is 30.1 Å². The van der Waals surface area contributed by atoms with Gasteiger partial charge in [-0.1, -0.05) is 12.1 Å². The molecule has 2 aliphatic rings. The number of hydrogen-bond donors (Lipinski definition) is 2. The summed E-state index contributed by atoms with van der Waals surface area (Å²) in [5.74, 6) is -0.105. The van der Waals surface area contributed by atoms with E-state index in [0.717, 1.165) is 36.5 Å². The van der Waals surface area contributed by atoms with Crippen molar-refractivity contribution >= 4 is 29.1 Å². The minimum atomic E-state index is -0.425. The summed E-state index contributed by atoms with van der Waals surface area (Å²) in [6.45, 7) is 5.08. The average Bonchev–Trinajstić information content (AvgIpc) is 3.31. The molecular weight excluding hydrogens is 537 g/mol. The molecule has 0 atom stereocenters. The molecular formula is C32H36FN5O4. The number of nitrogens with one attached hydrogen (secondary N) is 2. The van der Waals surface area contributed by atoms with Crippen LogP contribution in [0.5, 0.6) is 5.75 Å². The van der Waals surface area contributed by atoms with E-state index in [4.69, 9.17) is 4.74 Å². The van der Waals surface area contributed by atoms with E-state index < -0.39 is 11.7 Å². The van der Waals surface area contributed by atoms with Gasteiger partial charge in [-0.05, 0) is 73.1 Å². The Hall–Kier alpha value is -4.44. The van der Waals surface area contributed by atoms with Crippen LogP contribution < -0.4 is 20.3 Å². The molecule has 0 aliphatic carbocycles. The van der Waals surface area contributed by atoms with E-state index in [1.165, 1.54) is 24.3 Å². The third-order valence-corrected chi connectivity index (χ3v) is 7.71. The van der Waals surface area contributed by atoms with Crippen LogP contribution in [0.25, 0.3) is 0 Å². The molecule has 2 aliphatic heterocycles. The van der Waals surface area contributed by atoms with Crippen molar-refractivity contribution in [3.8, 4) is 5.75 Å². The number of ether oxygens (including phenoxy) is 1. The fraction of sp³-hybridized carbons (Fsp3) is 0.344. The summed E-state index contributed by atoms with van der Waals surface area (Å²) >= 11 is 0. The van der Waals surface area contributed by atoms with Crippen molar-refractivity contribution in [2.45, 2.75) is 12.8 Å². The first-order chi connectivity index (χ1) is 20.4. The first-order valence-electron chi connectivity index (χ1n) is 14.3. The smallest absolute Gasteiger partial charge is 0.255 e. The highest BCUT2D eigenvalue weighted by atomic mass is 19.1. The van der Waals surface area contributed by atoms with E-state index in [0.29, 0.717) is 62.5 Å². The third kappa shape index (κ3) is 7.06. The number of benzene rings is 3. The standard InChI is InChI=1S/C32H36FN5O4/c1-42-27-10-3-23(4-11-27)21-30(39)37-19-17-36(18-20-37)29-12-7-25(32(41)38-15-2-13-34-14-16-38)22-28(29)35-31(40)24-5-8-26(33)9-6-24/h3-12,22,34H,2,13-21H2,1H3,(H,35,40). The summed E-state index contributed by atoms with van der Waals surface area (Å²) in [6, 6.07) is 18.2. The minimum Gasteiger partial charge on any atom is -0.497 e. The normalized spacial score (nSPS) is 15.6. The van der Waals surface area contributed by atoms with Crippen LogP contribution in [0.2, 0.25) is 0 Å². The van der Waals surface area contributed by atoms with Crippen molar-refractivity contribution in [1.29, 1.82) is 0 Å². The van der Waals surface area contributed by atoms with Gasteiger partial charge in [0.2, 0.25) is 5.91 Å². The van der Waals surface area contributed by atoms with Crippen LogP contribution in [0, 0.1) is 5.82 Å². The molecule has 5 rings (SSSR count). The number of halogens is 1. The Balaban J connectivity index is 1.31. The Morgan fingerprint density at radius 3 is 2.26 bits per heavy atom.